The Morgan fingerprint density at radius 1 is 0.545 bits per heavy atom. The van der Waals surface area contributed by atoms with Gasteiger partial charge in [0.1, 0.15) is 36.6 Å². The van der Waals surface area contributed by atoms with Crippen LogP contribution >= 0.6 is 7.82 Å². The molecule has 328 valence electrons. The van der Waals surface area contributed by atoms with Gasteiger partial charge in [0.15, 0.2) is 0 Å². The molecule has 1 rings (SSSR count). The summed E-state index contributed by atoms with van der Waals surface area (Å²) < 4.78 is 22.9. The van der Waals surface area contributed by atoms with E-state index in [0.717, 1.165) is 38.5 Å². The molecule has 1 fully saturated rings. The highest BCUT2D eigenvalue weighted by molar-refractivity contribution is 7.47. The third kappa shape index (κ3) is 25.4. The Morgan fingerprint density at radius 3 is 1.25 bits per heavy atom. The predicted octanol–water partition coefficient (Wildman–Crippen LogP) is 7.90. The Balaban J connectivity index is 2.45. The van der Waals surface area contributed by atoms with E-state index in [4.69, 9.17) is 9.05 Å². The van der Waals surface area contributed by atoms with Crippen LogP contribution in [0.4, 0.5) is 0 Å². The molecule has 0 saturated heterocycles. The average Bonchev–Trinajstić information content (AvgIpc) is 3.16. The van der Waals surface area contributed by atoms with Crippen molar-refractivity contribution in [2.45, 2.75) is 255 Å². The van der Waals surface area contributed by atoms with Crippen LogP contribution in [0.15, 0.2) is 0 Å². The van der Waals surface area contributed by atoms with Crippen LogP contribution in [-0.2, 0) is 18.4 Å². The highest BCUT2D eigenvalue weighted by atomic mass is 31.2. The van der Waals surface area contributed by atoms with Crippen molar-refractivity contribution in [1.82, 2.24) is 5.32 Å². The van der Waals surface area contributed by atoms with Gasteiger partial charge in [0.05, 0.1) is 18.8 Å². The molecule has 0 aromatic rings. The molecule has 0 heterocycles. The summed E-state index contributed by atoms with van der Waals surface area (Å²) in [7, 11) is -5.04. The first-order valence-corrected chi connectivity index (χ1v) is 24.0. The highest BCUT2D eigenvalue weighted by Gasteiger charge is 2.51. The number of aliphatic hydroxyl groups excluding tert-OH is 6. The van der Waals surface area contributed by atoms with Gasteiger partial charge in [-0.1, -0.05) is 187 Å². The lowest BCUT2D eigenvalue weighted by Gasteiger charge is -2.41. The van der Waals surface area contributed by atoms with Crippen LogP contribution in [0.3, 0.4) is 0 Å². The maximum Gasteiger partial charge on any atom is 0.472 e. The van der Waals surface area contributed by atoms with E-state index in [1.807, 2.05) is 0 Å². The summed E-state index contributed by atoms with van der Waals surface area (Å²) in [6.07, 6.45) is 21.4. The van der Waals surface area contributed by atoms with Crippen molar-refractivity contribution in [3.63, 3.8) is 0 Å². The third-order valence-electron chi connectivity index (χ3n) is 11.2. The third-order valence-corrected chi connectivity index (χ3v) is 12.2. The molecule has 12 nitrogen and oxygen atoms in total. The summed E-state index contributed by atoms with van der Waals surface area (Å²) in [4.78, 5) is 23.3. The van der Waals surface area contributed by atoms with Gasteiger partial charge in [-0.2, -0.15) is 0 Å². The number of aliphatic hydroxyl groups is 6. The quantitative estimate of drug-likeness (QED) is 0.0224. The van der Waals surface area contributed by atoms with E-state index >= 15 is 0 Å². The molecule has 13 heteroatoms. The lowest BCUT2D eigenvalue weighted by atomic mass is 9.85. The molecule has 0 aromatic heterocycles. The van der Waals surface area contributed by atoms with Crippen molar-refractivity contribution >= 4 is 13.7 Å². The summed E-state index contributed by atoms with van der Waals surface area (Å²) in [6, 6.07) is -1.02. The molecule has 0 radical (unpaired) electrons. The predicted molar refractivity (Wildman–Crippen MR) is 218 cm³/mol. The van der Waals surface area contributed by atoms with Crippen LogP contribution in [-0.4, -0.2) is 96.8 Å². The Hall–Kier alpha value is -0.660. The van der Waals surface area contributed by atoms with E-state index in [1.54, 1.807) is 0 Å². The number of rotatable bonds is 37. The van der Waals surface area contributed by atoms with E-state index in [9.17, 15) is 44.9 Å². The standard InChI is InChI=1S/C42H84NO11P/c1-3-5-7-9-11-13-15-16-17-18-19-20-22-24-26-28-30-32-36(45)43-34(35(44)31-29-27-25-23-21-14-12-10-8-6-4-2)33-53-55(51,52)54-42-40(49)38(47)37(46)39(48)41(42)50/h34-35,37-42,44,46-50H,3-33H2,1-2H3,(H,43,45)(H,51,52)/t34-,35+,37?,38+,39?,40?,41?,42?/m0/s1. The van der Waals surface area contributed by atoms with Crippen LogP contribution in [0.5, 0.6) is 0 Å². The largest absolute Gasteiger partial charge is 0.472 e. The Morgan fingerprint density at radius 2 is 0.873 bits per heavy atom. The van der Waals surface area contributed by atoms with Crippen molar-refractivity contribution in [2.24, 2.45) is 0 Å². The second-order valence-electron chi connectivity index (χ2n) is 16.3. The van der Waals surface area contributed by atoms with Crippen molar-refractivity contribution in [1.29, 1.82) is 0 Å². The van der Waals surface area contributed by atoms with Crippen LogP contribution in [0.1, 0.15) is 206 Å². The number of phosphoric acid groups is 1. The lowest BCUT2D eigenvalue weighted by molar-refractivity contribution is -0.220. The Labute approximate surface area is 334 Å². The molecule has 0 aromatic carbocycles. The van der Waals surface area contributed by atoms with E-state index in [1.165, 1.54) is 128 Å². The van der Waals surface area contributed by atoms with Gasteiger partial charge >= 0.3 is 7.82 Å². The minimum Gasteiger partial charge on any atom is -0.391 e. The van der Waals surface area contributed by atoms with E-state index in [-0.39, 0.29) is 12.3 Å². The summed E-state index contributed by atoms with van der Waals surface area (Å²) in [6.45, 7) is 3.88. The minimum absolute atomic E-state index is 0.242. The molecular weight excluding hydrogens is 725 g/mol. The van der Waals surface area contributed by atoms with Gasteiger partial charge in [-0.05, 0) is 12.8 Å². The first kappa shape index (κ1) is 52.4. The molecule has 0 bridgehead atoms. The fourth-order valence-electron chi connectivity index (χ4n) is 7.44. The SMILES string of the molecule is CCCCCCCCCCCCCCCCCCCC(=O)N[C@@H](COP(=O)(O)OC1C(O)C(O)C(O)[C@@H](O)C1O)[C@H](O)CCCCCCCCCCCCC. The number of unbranched alkanes of at least 4 members (excludes halogenated alkanes) is 26. The molecule has 0 aliphatic heterocycles. The van der Waals surface area contributed by atoms with Crippen molar-refractivity contribution in [3.8, 4) is 0 Å². The molecule has 9 atom stereocenters. The smallest absolute Gasteiger partial charge is 0.391 e. The average molecular weight is 810 g/mol. The minimum atomic E-state index is -5.04. The van der Waals surface area contributed by atoms with Crippen LogP contribution in [0.25, 0.3) is 0 Å². The molecule has 6 unspecified atom stereocenters. The second-order valence-corrected chi connectivity index (χ2v) is 17.7. The first-order valence-electron chi connectivity index (χ1n) is 22.5. The van der Waals surface area contributed by atoms with E-state index in [2.05, 4.69) is 19.2 Å². The molecule has 1 aliphatic rings. The first-order chi connectivity index (χ1) is 26.4. The number of hydrogen-bond donors (Lipinski definition) is 8. The van der Waals surface area contributed by atoms with Crippen LogP contribution < -0.4 is 5.32 Å². The Bertz CT molecular complexity index is 946. The van der Waals surface area contributed by atoms with Crippen molar-refractivity contribution in [3.05, 3.63) is 0 Å². The van der Waals surface area contributed by atoms with Gasteiger partial charge in [0.2, 0.25) is 5.91 Å². The number of nitrogens with one attached hydrogen (secondary N) is 1. The van der Waals surface area contributed by atoms with Crippen LogP contribution in [0, 0.1) is 0 Å². The number of carbonyl (C=O) groups is 1. The zero-order chi connectivity index (χ0) is 40.7. The van der Waals surface area contributed by atoms with Gasteiger partial charge in [0, 0.05) is 6.42 Å². The zero-order valence-electron chi connectivity index (χ0n) is 34.7. The summed E-state index contributed by atoms with van der Waals surface area (Å²) in [5, 5.41) is 64.0. The van der Waals surface area contributed by atoms with Crippen molar-refractivity contribution < 1.29 is 53.9 Å². The monoisotopic (exact) mass is 810 g/mol. The molecule has 1 amide bonds. The van der Waals surface area contributed by atoms with Gasteiger partial charge in [-0.25, -0.2) is 4.57 Å². The molecular formula is C42H84NO11P. The lowest BCUT2D eigenvalue weighted by Crippen LogP contribution is -2.64. The summed E-state index contributed by atoms with van der Waals surface area (Å²) >= 11 is 0. The normalized spacial score (nSPS) is 23.7. The van der Waals surface area contributed by atoms with Gasteiger partial charge in [-0.15, -0.1) is 0 Å². The molecule has 8 N–H and O–H groups in total. The van der Waals surface area contributed by atoms with Crippen molar-refractivity contribution in [2.75, 3.05) is 6.61 Å². The fraction of sp³-hybridized carbons (Fsp3) is 0.976. The molecule has 1 aliphatic carbocycles. The number of amides is 1. The zero-order valence-corrected chi connectivity index (χ0v) is 35.6. The molecule has 0 spiro atoms. The van der Waals surface area contributed by atoms with Gasteiger partial charge in [0.25, 0.3) is 0 Å². The topological polar surface area (TPSA) is 206 Å². The van der Waals surface area contributed by atoms with Gasteiger partial charge in [-0.3, -0.25) is 13.8 Å². The molecule has 55 heavy (non-hydrogen) atoms. The number of carbonyl (C=O) groups excluding carboxylic acids is 1. The number of phosphoric ester groups is 1. The maximum atomic E-state index is 12.9. The van der Waals surface area contributed by atoms with E-state index < -0.39 is 63.2 Å². The fourth-order valence-corrected chi connectivity index (χ4v) is 8.40. The highest BCUT2D eigenvalue weighted by Crippen LogP contribution is 2.47. The molecule has 1 saturated carbocycles. The Kier molecular flexibility index (Phi) is 31.6. The van der Waals surface area contributed by atoms with E-state index in [0.29, 0.717) is 19.3 Å². The second kappa shape index (κ2) is 33.2. The van der Waals surface area contributed by atoms with Gasteiger partial charge < -0.3 is 40.8 Å². The number of hydrogen-bond acceptors (Lipinski definition) is 10. The van der Waals surface area contributed by atoms with Crippen LogP contribution in [0.2, 0.25) is 0 Å². The summed E-state index contributed by atoms with van der Waals surface area (Å²) in [5.41, 5.74) is 0. The maximum absolute atomic E-state index is 12.9. The summed E-state index contributed by atoms with van der Waals surface area (Å²) in [5.74, 6) is -0.306.